The van der Waals surface area contributed by atoms with Crippen LogP contribution in [0.1, 0.15) is 32.3 Å². The van der Waals surface area contributed by atoms with Gasteiger partial charge in [-0.15, -0.1) is 11.8 Å². The number of hydrogen-bond acceptors (Lipinski definition) is 3. The molecule has 1 unspecified atom stereocenters. The van der Waals surface area contributed by atoms with Crippen molar-refractivity contribution in [3.05, 3.63) is 23.8 Å². The second-order valence-electron chi connectivity index (χ2n) is 5.39. The predicted octanol–water partition coefficient (Wildman–Crippen LogP) is 4.35. The molecule has 1 aromatic rings. The van der Waals surface area contributed by atoms with Crippen molar-refractivity contribution in [3.63, 3.8) is 0 Å². The first-order valence-corrected chi connectivity index (χ1v) is 8.47. The van der Waals surface area contributed by atoms with Gasteiger partial charge in [0.2, 0.25) is 5.91 Å². The molecule has 0 spiro atoms. The summed E-state index contributed by atoms with van der Waals surface area (Å²) in [6.07, 6.45) is -3.51. The zero-order valence-corrected chi connectivity index (χ0v) is 14.0. The molecule has 1 aliphatic heterocycles. The molecule has 23 heavy (non-hydrogen) atoms. The number of fused-ring (bicyclic) bond motifs is 1. The molecule has 1 aliphatic rings. The summed E-state index contributed by atoms with van der Waals surface area (Å²) >= 11 is 1.51. The van der Waals surface area contributed by atoms with E-state index in [4.69, 9.17) is 4.74 Å². The molecule has 128 valence electrons. The van der Waals surface area contributed by atoms with E-state index in [9.17, 15) is 18.0 Å². The van der Waals surface area contributed by atoms with Crippen LogP contribution in [0.3, 0.4) is 0 Å². The third-order valence-electron chi connectivity index (χ3n) is 3.63. The summed E-state index contributed by atoms with van der Waals surface area (Å²) in [4.78, 5) is 14.6. The van der Waals surface area contributed by atoms with Gasteiger partial charge in [0.25, 0.3) is 0 Å². The van der Waals surface area contributed by atoms with Gasteiger partial charge in [-0.3, -0.25) is 4.79 Å². The molecule has 1 amide bonds. The topological polar surface area (TPSA) is 29.5 Å². The lowest BCUT2D eigenvalue weighted by atomic mass is 10.1. The molecule has 0 bridgehead atoms. The van der Waals surface area contributed by atoms with Gasteiger partial charge >= 0.3 is 6.18 Å². The Morgan fingerprint density at radius 1 is 1.43 bits per heavy atom. The van der Waals surface area contributed by atoms with E-state index in [0.29, 0.717) is 23.7 Å². The standard InChI is InChI=1S/C16H20F3NO2S/c1-3-22-9-7-15(21)20-8-6-11(2)23-14-5-4-12(10-13(14)20)16(17,18)19/h4-5,10-11H,3,6-9H2,1-2H3. The normalized spacial score (nSPS) is 18.5. The highest BCUT2D eigenvalue weighted by atomic mass is 32.2. The summed E-state index contributed by atoms with van der Waals surface area (Å²) in [5.41, 5.74) is -0.371. The van der Waals surface area contributed by atoms with Gasteiger partial charge < -0.3 is 9.64 Å². The van der Waals surface area contributed by atoms with E-state index in [1.807, 2.05) is 13.8 Å². The fourth-order valence-electron chi connectivity index (χ4n) is 2.41. The van der Waals surface area contributed by atoms with Crippen molar-refractivity contribution >= 4 is 23.4 Å². The molecule has 0 N–H and O–H groups in total. The number of hydrogen-bond donors (Lipinski definition) is 0. The van der Waals surface area contributed by atoms with Gasteiger partial charge in [0.15, 0.2) is 0 Å². The fraction of sp³-hybridized carbons (Fsp3) is 0.562. The van der Waals surface area contributed by atoms with Crippen LogP contribution in [0.4, 0.5) is 18.9 Å². The molecule has 0 aliphatic carbocycles. The van der Waals surface area contributed by atoms with Crippen molar-refractivity contribution in [1.29, 1.82) is 0 Å². The third kappa shape index (κ3) is 4.64. The first-order valence-electron chi connectivity index (χ1n) is 7.59. The molecule has 0 radical (unpaired) electrons. The second kappa shape index (κ2) is 7.57. The average Bonchev–Trinajstić information content (AvgIpc) is 2.64. The van der Waals surface area contributed by atoms with Crippen molar-refractivity contribution in [1.82, 2.24) is 0 Å². The van der Waals surface area contributed by atoms with Crippen molar-refractivity contribution in [2.24, 2.45) is 0 Å². The van der Waals surface area contributed by atoms with Gasteiger partial charge in [0.1, 0.15) is 0 Å². The van der Waals surface area contributed by atoms with Gasteiger partial charge in [-0.2, -0.15) is 13.2 Å². The Hall–Kier alpha value is -1.21. The maximum Gasteiger partial charge on any atom is 0.416 e. The lowest BCUT2D eigenvalue weighted by Crippen LogP contribution is -2.33. The monoisotopic (exact) mass is 347 g/mol. The van der Waals surface area contributed by atoms with Gasteiger partial charge in [0, 0.05) is 23.3 Å². The number of rotatable bonds is 4. The van der Waals surface area contributed by atoms with Gasteiger partial charge in [0.05, 0.1) is 24.3 Å². The van der Waals surface area contributed by atoms with E-state index < -0.39 is 11.7 Å². The highest BCUT2D eigenvalue weighted by Gasteiger charge is 2.33. The van der Waals surface area contributed by atoms with Crippen molar-refractivity contribution < 1.29 is 22.7 Å². The second-order valence-corrected chi connectivity index (χ2v) is 6.87. The maximum absolute atomic E-state index is 13.0. The highest BCUT2D eigenvalue weighted by Crippen LogP contribution is 2.41. The van der Waals surface area contributed by atoms with Crippen LogP contribution < -0.4 is 4.90 Å². The van der Waals surface area contributed by atoms with E-state index in [2.05, 4.69) is 0 Å². The lowest BCUT2D eigenvalue weighted by molar-refractivity contribution is -0.137. The van der Waals surface area contributed by atoms with E-state index >= 15 is 0 Å². The lowest BCUT2D eigenvalue weighted by Gasteiger charge is -2.23. The van der Waals surface area contributed by atoms with E-state index in [1.54, 1.807) is 0 Å². The summed E-state index contributed by atoms with van der Waals surface area (Å²) < 4.78 is 44.1. The summed E-state index contributed by atoms with van der Waals surface area (Å²) in [6, 6.07) is 3.62. The van der Waals surface area contributed by atoms with Crippen LogP contribution in [0, 0.1) is 0 Å². The number of alkyl halides is 3. The maximum atomic E-state index is 13.0. The Balaban J connectivity index is 2.32. The molecule has 0 saturated heterocycles. The van der Waals surface area contributed by atoms with E-state index in [-0.39, 0.29) is 24.2 Å². The first kappa shape index (κ1) is 18.1. The number of benzene rings is 1. The fourth-order valence-corrected chi connectivity index (χ4v) is 3.50. The van der Waals surface area contributed by atoms with Gasteiger partial charge in [-0.1, -0.05) is 6.92 Å². The molecule has 7 heteroatoms. The molecule has 3 nitrogen and oxygen atoms in total. The minimum Gasteiger partial charge on any atom is -0.381 e. The summed E-state index contributed by atoms with van der Waals surface area (Å²) in [5.74, 6) is -0.200. The smallest absolute Gasteiger partial charge is 0.381 e. The molecule has 1 aromatic carbocycles. The Labute approximate surface area is 138 Å². The SMILES string of the molecule is CCOCCC(=O)N1CCC(C)Sc2ccc(C(F)(F)F)cc21. The first-order chi connectivity index (χ1) is 10.8. The van der Waals surface area contributed by atoms with Crippen molar-refractivity contribution in [3.8, 4) is 0 Å². The number of amides is 1. The number of thioether (sulfide) groups is 1. The van der Waals surface area contributed by atoms with Gasteiger partial charge in [-0.25, -0.2) is 0 Å². The number of anilines is 1. The minimum absolute atomic E-state index is 0.169. The predicted molar refractivity (Wildman–Crippen MR) is 84.8 cm³/mol. The van der Waals surface area contributed by atoms with Gasteiger partial charge in [-0.05, 0) is 31.5 Å². The average molecular weight is 347 g/mol. The van der Waals surface area contributed by atoms with Crippen LogP contribution in [0.15, 0.2) is 23.1 Å². The minimum atomic E-state index is -4.42. The van der Waals surface area contributed by atoms with Crippen molar-refractivity contribution in [2.45, 2.75) is 43.0 Å². The quantitative estimate of drug-likeness (QED) is 0.759. The Morgan fingerprint density at radius 2 is 2.17 bits per heavy atom. The number of nitrogens with zero attached hydrogens (tertiary/aromatic N) is 1. The van der Waals surface area contributed by atoms with Crippen LogP contribution in [-0.2, 0) is 15.7 Å². The number of ether oxygens (including phenoxy) is 1. The number of carbonyl (C=O) groups is 1. The highest BCUT2D eigenvalue weighted by molar-refractivity contribution is 8.00. The van der Waals surface area contributed by atoms with Crippen LogP contribution in [0.25, 0.3) is 0 Å². The zero-order chi connectivity index (χ0) is 17.0. The number of carbonyl (C=O) groups excluding carboxylic acids is 1. The summed E-state index contributed by atoms with van der Waals surface area (Å²) in [5, 5.41) is 0.246. The van der Waals surface area contributed by atoms with Crippen molar-refractivity contribution in [2.75, 3.05) is 24.7 Å². The molecular formula is C16H20F3NO2S. The molecule has 1 heterocycles. The molecule has 2 rings (SSSR count). The van der Waals surface area contributed by atoms with Crippen LogP contribution in [0.2, 0.25) is 0 Å². The Morgan fingerprint density at radius 3 is 2.83 bits per heavy atom. The molecular weight excluding hydrogens is 327 g/mol. The zero-order valence-electron chi connectivity index (χ0n) is 13.2. The third-order valence-corrected chi connectivity index (χ3v) is 4.87. The molecule has 0 fully saturated rings. The Bertz CT molecular complexity index is 563. The van der Waals surface area contributed by atoms with E-state index in [0.717, 1.165) is 18.6 Å². The molecule has 0 saturated carbocycles. The van der Waals surface area contributed by atoms with Crippen LogP contribution >= 0.6 is 11.8 Å². The molecule has 0 aromatic heterocycles. The van der Waals surface area contributed by atoms with Crippen LogP contribution in [-0.4, -0.2) is 30.9 Å². The summed E-state index contributed by atoms with van der Waals surface area (Å²) in [6.45, 7) is 5.06. The summed E-state index contributed by atoms with van der Waals surface area (Å²) in [7, 11) is 0. The molecule has 1 atom stereocenters. The van der Waals surface area contributed by atoms with Crippen LogP contribution in [0.5, 0.6) is 0 Å². The van der Waals surface area contributed by atoms with E-state index in [1.165, 1.54) is 22.7 Å². The Kier molecular flexibility index (Phi) is 5.97. The number of halogens is 3. The largest absolute Gasteiger partial charge is 0.416 e.